The van der Waals surface area contributed by atoms with Crippen molar-refractivity contribution >= 4 is 21.6 Å². The number of hydrogen-bond donors (Lipinski definition) is 1. The van der Waals surface area contributed by atoms with Crippen molar-refractivity contribution in [1.82, 2.24) is 4.31 Å². The van der Waals surface area contributed by atoms with E-state index in [1.165, 1.54) is 4.31 Å². The van der Waals surface area contributed by atoms with Crippen molar-refractivity contribution in [2.45, 2.75) is 45.4 Å². The molecule has 2 aromatic carbocycles. The Morgan fingerprint density at radius 1 is 1.00 bits per heavy atom. The Labute approximate surface area is 185 Å². The predicted octanol–water partition coefficient (Wildman–Crippen LogP) is 3.92. The number of methoxy groups -OCH3 is 2. The number of anilines is 1. The van der Waals surface area contributed by atoms with Crippen LogP contribution in [0.5, 0.6) is 11.5 Å². The average Bonchev–Trinajstić information content (AvgIpc) is 2.75. The maximum atomic E-state index is 12.9. The van der Waals surface area contributed by atoms with Gasteiger partial charge in [-0.2, -0.15) is 4.31 Å². The summed E-state index contributed by atoms with van der Waals surface area (Å²) in [6.45, 7) is 8.10. The SMILES string of the molecule is CCN(CC)S(=O)(=O)c1cc(C)c(C)c(NC(=O)CCc2ccc(OC)c(OC)c2)c1. The van der Waals surface area contributed by atoms with Gasteiger partial charge in [0.2, 0.25) is 15.9 Å². The van der Waals surface area contributed by atoms with Gasteiger partial charge in [-0.3, -0.25) is 4.79 Å². The number of rotatable bonds is 10. The minimum Gasteiger partial charge on any atom is -0.493 e. The van der Waals surface area contributed by atoms with E-state index in [-0.39, 0.29) is 17.2 Å². The summed E-state index contributed by atoms with van der Waals surface area (Å²) in [6, 6.07) is 8.74. The third kappa shape index (κ3) is 5.77. The van der Waals surface area contributed by atoms with E-state index in [0.717, 1.165) is 16.7 Å². The van der Waals surface area contributed by atoms with Crippen LogP contribution in [0, 0.1) is 13.8 Å². The number of nitrogens with zero attached hydrogens (tertiary/aromatic N) is 1. The quantitative estimate of drug-likeness (QED) is 0.595. The van der Waals surface area contributed by atoms with Crippen LogP contribution < -0.4 is 14.8 Å². The second kappa shape index (κ2) is 10.6. The molecule has 0 spiro atoms. The maximum absolute atomic E-state index is 12.9. The molecule has 0 atom stereocenters. The second-order valence-corrected chi connectivity index (χ2v) is 9.18. The number of hydrogen-bond acceptors (Lipinski definition) is 5. The molecule has 0 saturated carbocycles. The summed E-state index contributed by atoms with van der Waals surface area (Å²) in [5, 5.41) is 2.88. The molecule has 0 saturated heterocycles. The lowest BCUT2D eigenvalue weighted by atomic mass is 10.1. The van der Waals surface area contributed by atoms with E-state index in [2.05, 4.69) is 5.32 Å². The molecule has 0 aliphatic heterocycles. The van der Waals surface area contributed by atoms with Crippen LogP contribution in [0.4, 0.5) is 5.69 Å². The van der Waals surface area contributed by atoms with E-state index >= 15 is 0 Å². The first-order chi connectivity index (χ1) is 14.7. The van der Waals surface area contributed by atoms with Gasteiger partial charge in [0.15, 0.2) is 11.5 Å². The van der Waals surface area contributed by atoms with Crippen LogP contribution in [0.1, 0.15) is 37.0 Å². The first kappa shape index (κ1) is 24.7. The van der Waals surface area contributed by atoms with E-state index in [1.807, 2.05) is 26.0 Å². The van der Waals surface area contributed by atoms with Crippen molar-refractivity contribution in [2.75, 3.05) is 32.6 Å². The predicted molar refractivity (Wildman–Crippen MR) is 123 cm³/mol. The number of aryl methyl sites for hydroxylation is 2. The highest BCUT2D eigenvalue weighted by Gasteiger charge is 2.23. The molecule has 0 fully saturated rings. The van der Waals surface area contributed by atoms with Crippen molar-refractivity contribution in [3.63, 3.8) is 0 Å². The highest BCUT2D eigenvalue weighted by atomic mass is 32.2. The molecular weight excluding hydrogens is 416 g/mol. The van der Waals surface area contributed by atoms with Crippen LogP contribution in [0.15, 0.2) is 35.2 Å². The molecule has 170 valence electrons. The summed E-state index contributed by atoms with van der Waals surface area (Å²) in [4.78, 5) is 12.8. The van der Waals surface area contributed by atoms with Crippen LogP contribution in [-0.2, 0) is 21.2 Å². The van der Waals surface area contributed by atoms with Gasteiger partial charge >= 0.3 is 0 Å². The molecule has 0 aliphatic rings. The third-order valence-corrected chi connectivity index (χ3v) is 7.37. The summed E-state index contributed by atoms with van der Waals surface area (Å²) >= 11 is 0. The summed E-state index contributed by atoms with van der Waals surface area (Å²) in [5.74, 6) is 1.06. The Kier molecular flexibility index (Phi) is 8.47. The van der Waals surface area contributed by atoms with Gasteiger partial charge in [0.25, 0.3) is 0 Å². The Bertz CT molecular complexity index is 1030. The zero-order valence-corrected chi connectivity index (χ0v) is 19.9. The van der Waals surface area contributed by atoms with Crippen molar-refractivity contribution in [2.24, 2.45) is 0 Å². The molecule has 0 radical (unpaired) electrons. The highest BCUT2D eigenvalue weighted by molar-refractivity contribution is 7.89. The highest BCUT2D eigenvalue weighted by Crippen LogP contribution is 2.29. The molecular formula is C23H32N2O5S. The molecule has 0 heterocycles. The third-order valence-electron chi connectivity index (χ3n) is 5.35. The Hall–Kier alpha value is -2.58. The number of carbonyl (C=O) groups excluding carboxylic acids is 1. The minimum atomic E-state index is -3.61. The summed E-state index contributed by atoms with van der Waals surface area (Å²) in [6.07, 6.45) is 0.767. The van der Waals surface area contributed by atoms with Gasteiger partial charge in [0, 0.05) is 25.2 Å². The Morgan fingerprint density at radius 3 is 2.23 bits per heavy atom. The summed E-state index contributed by atoms with van der Waals surface area (Å²) in [7, 11) is -0.471. The molecule has 0 aromatic heterocycles. The number of sulfonamides is 1. The van der Waals surface area contributed by atoms with Crippen molar-refractivity contribution in [3.05, 3.63) is 47.0 Å². The maximum Gasteiger partial charge on any atom is 0.243 e. The van der Waals surface area contributed by atoms with Gasteiger partial charge in [-0.05, 0) is 61.2 Å². The number of nitrogens with one attached hydrogen (secondary N) is 1. The first-order valence-corrected chi connectivity index (χ1v) is 11.7. The average molecular weight is 449 g/mol. The lowest BCUT2D eigenvalue weighted by molar-refractivity contribution is -0.116. The number of carbonyl (C=O) groups is 1. The summed E-state index contributed by atoms with van der Waals surface area (Å²) in [5.41, 5.74) is 3.11. The van der Waals surface area contributed by atoms with E-state index in [4.69, 9.17) is 9.47 Å². The normalized spacial score (nSPS) is 11.5. The van der Waals surface area contributed by atoms with E-state index < -0.39 is 10.0 Å². The van der Waals surface area contributed by atoms with Gasteiger partial charge < -0.3 is 14.8 Å². The fraction of sp³-hybridized carbons (Fsp3) is 0.435. The fourth-order valence-electron chi connectivity index (χ4n) is 3.32. The largest absolute Gasteiger partial charge is 0.493 e. The standard InChI is InChI=1S/C23H32N2O5S/c1-7-25(8-2)31(27,28)19-13-16(3)17(4)20(15-19)24-23(26)12-10-18-9-11-21(29-5)22(14-18)30-6/h9,11,13-15H,7-8,10,12H2,1-6H3,(H,24,26). The summed E-state index contributed by atoms with van der Waals surface area (Å²) < 4.78 is 37.8. The van der Waals surface area contributed by atoms with Crippen LogP contribution in [-0.4, -0.2) is 45.9 Å². The van der Waals surface area contributed by atoms with Crippen molar-refractivity contribution < 1.29 is 22.7 Å². The molecule has 1 amide bonds. The van der Waals surface area contributed by atoms with Gasteiger partial charge in [0.05, 0.1) is 19.1 Å². The first-order valence-electron chi connectivity index (χ1n) is 10.3. The van der Waals surface area contributed by atoms with Crippen LogP contribution in [0.25, 0.3) is 0 Å². The van der Waals surface area contributed by atoms with Crippen molar-refractivity contribution in [1.29, 1.82) is 0 Å². The van der Waals surface area contributed by atoms with Crippen LogP contribution in [0.3, 0.4) is 0 Å². The monoisotopic (exact) mass is 448 g/mol. The van der Waals surface area contributed by atoms with Gasteiger partial charge in [0.1, 0.15) is 0 Å². The minimum absolute atomic E-state index is 0.185. The molecule has 8 heteroatoms. The molecule has 7 nitrogen and oxygen atoms in total. The molecule has 1 N–H and O–H groups in total. The zero-order chi connectivity index (χ0) is 23.2. The lowest BCUT2D eigenvalue weighted by Gasteiger charge is -2.20. The van der Waals surface area contributed by atoms with E-state index in [1.54, 1.807) is 46.3 Å². The molecule has 0 bridgehead atoms. The van der Waals surface area contributed by atoms with E-state index in [9.17, 15) is 13.2 Å². The number of amides is 1. The zero-order valence-electron chi connectivity index (χ0n) is 19.1. The second-order valence-electron chi connectivity index (χ2n) is 7.24. The molecule has 0 unspecified atom stereocenters. The van der Waals surface area contributed by atoms with Gasteiger partial charge in [-0.15, -0.1) is 0 Å². The topological polar surface area (TPSA) is 84.9 Å². The smallest absolute Gasteiger partial charge is 0.243 e. The molecule has 31 heavy (non-hydrogen) atoms. The lowest BCUT2D eigenvalue weighted by Crippen LogP contribution is -2.30. The molecule has 2 aromatic rings. The van der Waals surface area contributed by atoms with Crippen LogP contribution >= 0.6 is 0 Å². The Balaban J connectivity index is 2.19. The van der Waals surface area contributed by atoms with Gasteiger partial charge in [-0.25, -0.2) is 8.42 Å². The fourth-order valence-corrected chi connectivity index (χ4v) is 4.89. The number of ether oxygens (including phenoxy) is 2. The Morgan fingerprint density at radius 2 is 1.65 bits per heavy atom. The van der Waals surface area contributed by atoms with Gasteiger partial charge in [-0.1, -0.05) is 19.9 Å². The van der Waals surface area contributed by atoms with Crippen LogP contribution in [0.2, 0.25) is 0 Å². The number of benzene rings is 2. The molecule has 2 rings (SSSR count). The molecule has 0 aliphatic carbocycles. The van der Waals surface area contributed by atoms with Crippen molar-refractivity contribution in [3.8, 4) is 11.5 Å². The van der Waals surface area contributed by atoms with E-state index in [0.29, 0.717) is 36.7 Å².